The van der Waals surface area contributed by atoms with Crippen molar-refractivity contribution in [2.24, 2.45) is 0 Å². The maximum absolute atomic E-state index is 12.4. The SMILES string of the molecule is CC/C=C\C/C=C\C/C=C\C/C=C\CCCCCCCCC(=O)NC(CO)C(O)CCCCCCCCCCCCCCCCCC. The van der Waals surface area contributed by atoms with Crippen molar-refractivity contribution >= 4 is 5.91 Å². The predicted octanol–water partition coefficient (Wildman–Crippen LogP) is 12.4. The molecule has 0 aromatic rings. The molecule has 0 rings (SSSR count). The minimum Gasteiger partial charge on any atom is -0.394 e. The Morgan fingerprint density at radius 1 is 0.532 bits per heavy atom. The van der Waals surface area contributed by atoms with Gasteiger partial charge in [0.2, 0.25) is 5.91 Å². The zero-order valence-electron chi connectivity index (χ0n) is 31.3. The number of carbonyl (C=O) groups is 1. The fraction of sp³-hybridized carbons (Fsp3) is 0.791. The molecular weight excluding hydrogens is 578 g/mol. The van der Waals surface area contributed by atoms with Crippen LogP contribution >= 0.6 is 0 Å². The van der Waals surface area contributed by atoms with E-state index in [9.17, 15) is 15.0 Å². The van der Waals surface area contributed by atoms with Crippen molar-refractivity contribution in [1.82, 2.24) is 5.32 Å². The first-order chi connectivity index (χ1) is 23.2. The molecule has 0 saturated heterocycles. The van der Waals surface area contributed by atoms with Crippen molar-refractivity contribution < 1.29 is 15.0 Å². The van der Waals surface area contributed by atoms with Gasteiger partial charge in [-0.1, -0.05) is 191 Å². The molecule has 2 unspecified atom stereocenters. The van der Waals surface area contributed by atoms with E-state index in [1.165, 1.54) is 109 Å². The quantitative estimate of drug-likeness (QED) is 0.0464. The van der Waals surface area contributed by atoms with Crippen molar-refractivity contribution in [3.05, 3.63) is 48.6 Å². The molecule has 0 aliphatic rings. The van der Waals surface area contributed by atoms with Crippen molar-refractivity contribution in [3.63, 3.8) is 0 Å². The molecule has 0 heterocycles. The third kappa shape index (κ3) is 35.5. The molecular formula is C43H79NO3. The summed E-state index contributed by atoms with van der Waals surface area (Å²) in [4.78, 5) is 12.4. The summed E-state index contributed by atoms with van der Waals surface area (Å²) in [6, 6.07) is -0.544. The molecule has 2 atom stereocenters. The fourth-order valence-corrected chi connectivity index (χ4v) is 6.00. The van der Waals surface area contributed by atoms with Crippen LogP contribution in [0.5, 0.6) is 0 Å². The molecule has 274 valence electrons. The topological polar surface area (TPSA) is 69.6 Å². The highest BCUT2D eigenvalue weighted by Gasteiger charge is 2.19. The third-order valence-corrected chi connectivity index (χ3v) is 9.10. The lowest BCUT2D eigenvalue weighted by molar-refractivity contribution is -0.123. The molecule has 4 heteroatoms. The van der Waals surface area contributed by atoms with Gasteiger partial charge in [0.15, 0.2) is 0 Å². The summed E-state index contributed by atoms with van der Waals surface area (Å²) >= 11 is 0. The van der Waals surface area contributed by atoms with Gasteiger partial charge in [0.1, 0.15) is 0 Å². The van der Waals surface area contributed by atoms with Crippen LogP contribution in [0.15, 0.2) is 48.6 Å². The maximum atomic E-state index is 12.4. The largest absolute Gasteiger partial charge is 0.394 e. The van der Waals surface area contributed by atoms with Crippen LogP contribution in [0.1, 0.15) is 200 Å². The second-order valence-corrected chi connectivity index (χ2v) is 13.7. The van der Waals surface area contributed by atoms with Gasteiger partial charge in [-0.2, -0.15) is 0 Å². The lowest BCUT2D eigenvalue weighted by atomic mass is 10.0. The van der Waals surface area contributed by atoms with Gasteiger partial charge in [0.25, 0.3) is 0 Å². The van der Waals surface area contributed by atoms with Gasteiger partial charge in [-0.05, 0) is 51.4 Å². The normalized spacial score (nSPS) is 13.5. The summed E-state index contributed by atoms with van der Waals surface area (Å²) in [5.74, 6) is -0.0468. The lowest BCUT2D eigenvalue weighted by Gasteiger charge is -2.22. The Kier molecular flexibility index (Phi) is 37.4. The average Bonchev–Trinajstić information content (AvgIpc) is 3.07. The van der Waals surface area contributed by atoms with E-state index in [2.05, 4.69) is 67.8 Å². The third-order valence-electron chi connectivity index (χ3n) is 9.10. The summed E-state index contributed by atoms with van der Waals surface area (Å²) < 4.78 is 0. The first-order valence-corrected chi connectivity index (χ1v) is 20.3. The van der Waals surface area contributed by atoms with Gasteiger partial charge < -0.3 is 15.5 Å². The number of amides is 1. The van der Waals surface area contributed by atoms with Crippen LogP contribution in [0, 0.1) is 0 Å². The molecule has 0 aliphatic heterocycles. The monoisotopic (exact) mass is 658 g/mol. The minimum atomic E-state index is -0.666. The van der Waals surface area contributed by atoms with Crippen LogP contribution in [0.25, 0.3) is 0 Å². The van der Waals surface area contributed by atoms with Crippen LogP contribution < -0.4 is 5.32 Å². The molecule has 0 aliphatic carbocycles. The number of rotatable bonds is 36. The summed E-state index contributed by atoms with van der Waals surface area (Å²) in [7, 11) is 0. The van der Waals surface area contributed by atoms with E-state index in [-0.39, 0.29) is 12.5 Å². The second-order valence-electron chi connectivity index (χ2n) is 13.7. The number of aliphatic hydroxyl groups is 2. The number of nitrogens with one attached hydrogen (secondary N) is 1. The zero-order chi connectivity index (χ0) is 34.3. The van der Waals surface area contributed by atoms with Gasteiger partial charge in [0.05, 0.1) is 18.8 Å². The van der Waals surface area contributed by atoms with Crippen molar-refractivity contribution in [2.45, 2.75) is 212 Å². The van der Waals surface area contributed by atoms with Gasteiger partial charge >= 0.3 is 0 Å². The summed E-state index contributed by atoms with van der Waals surface area (Å²) in [5.41, 5.74) is 0. The molecule has 3 N–H and O–H groups in total. The van der Waals surface area contributed by atoms with Crippen molar-refractivity contribution in [1.29, 1.82) is 0 Å². The van der Waals surface area contributed by atoms with Crippen LogP contribution in [0.4, 0.5) is 0 Å². The highest BCUT2D eigenvalue weighted by molar-refractivity contribution is 5.76. The second kappa shape index (κ2) is 38.8. The van der Waals surface area contributed by atoms with Gasteiger partial charge in [-0.15, -0.1) is 0 Å². The number of aliphatic hydroxyl groups excluding tert-OH is 2. The molecule has 0 fully saturated rings. The average molecular weight is 658 g/mol. The van der Waals surface area contributed by atoms with Gasteiger partial charge in [-0.25, -0.2) is 0 Å². The summed E-state index contributed by atoms with van der Waals surface area (Å²) in [6.07, 6.45) is 51.7. The number of carbonyl (C=O) groups excluding carboxylic acids is 1. The van der Waals surface area contributed by atoms with Crippen LogP contribution in [-0.2, 0) is 4.79 Å². The van der Waals surface area contributed by atoms with E-state index in [4.69, 9.17) is 0 Å². The summed E-state index contributed by atoms with van der Waals surface area (Å²) in [6.45, 7) is 4.24. The van der Waals surface area contributed by atoms with E-state index in [1.54, 1.807) is 0 Å². The van der Waals surface area contributed by atoms with Gasteiger partial charge in [0, 0.05) is 6.42 Å². The van der Waals surface area contributed by atoms with Crippen LogP contribution in [0.3, 0.4) is 0 Å². The number of hydrogen-bond acceptors (Lipinski definition) is 3. The molecule has 47 heavy (non-hydrogen) atoms. The number of allylic oxidation sites excluding steroid dienone is 8. The molecule has 0 saturated carbocycles. The predicted molar refractivity (Wildman–Crippen MR) is 207 cm³/mol. The number of unbranched alkanes of at least 4 members (excludes halogenated alkanes) is 21. The Bertz CT molecular complexity index is 756. The Balaban J connectivity index is 3.59. The lowest BCUT2D eigenvalue weighted by Crippen LogP contribution is -2.45. The Morgan fingerprint density at radius 3 is 1.40 bits per heavy atom. The Morgan fingerprint density at radius 2 is 0.936 bits per heavy atom. The van der Waals surface area contributed by atoms with Crippen molar-refractivity contribution in [3.8, 4) is 0 Å². The molecule has 0 spiro atoms. The standard InChI is InChI=1S/C43H79NO3/c1-3-5-7-9-11-13-15-17-19-21-22-23-25-27-29-31-33-35-37-39-43(47)44-41(40-45)42(46)38-36-34-32-30-28-26-24-20-18-16-14-12-10-8-6-4-2/h5,7,11,13,17,19,22-23,41-42,45-46H,3-4,6,8-10,12,14-16,18,20-21,24-40H2,1-2H3,(H,44,47)/b7-5-,13-11-,19-17-,23-22-. The number of hydrogen-bond donors (Lipinski definition) is 3. The maximum Gasteiger partial charge on any atom is 0.220 e. The smallest absolute Gasteiger partial charge is 0.220 e. The van der Waals surface area contributed by atoms with E-state index in [0.29, 0.717) is 12.8 Å². The molecule has 0 radical (unpaired) electrons. The highest BCUT2D eigenvalue weighted by atomic mass is 16.3. The first kappa shape index (κ1) is 45.3. The van der Waals surface area contributed by atoms with E-state index in [1.807, 2.05) is 0 Å². The first-order valence-electron chi connectivity index (χ1n) is 20.3. The molecule has 0 bridgehead atoms. The molecule has 4 nitrogen and oxygen atoms in total. The fourth-order valence-electron chi connectivity index (χ4n) is 6.00. The molecule has 0 aromatic carbocycles. The molecule has 0 aromatic heterocycles. The minimum absolute atomic E-state index is 0.0468. The molecule has 1 amide bonds. The Hall–Kier alpha value is -1.65. The highest BCUT2D eigenvalue weighted by Crippen LogP contribution is 2.15. The Labute approximate surface area is 293 Å². The van der Waals surface area contributed by atoms with Crippen LogP contribution in [0.2, 0.25) is 0 Å². The van der Waals surface area contributed by atoms with E-state index >= 15 is 0 Å². The van der Waals surface area contributed by atoms with Gasteiger partial charge in [-0.3, -0.25) is 4.79 Å². The van der Waals surface area contributed by atoms with E-state index in [0.717, 1.165) is 64.2 Å². The summed E-state index contributed by atoms with van der Waals surface area (Å²) in [5, 5.41) is 23.1. The van der Waals surface area contributed by atoms with Crippen molar-refractivity contribution in [2.75, 3.05) is 6.61 Å². The zero-order valence-corrected chi connectivity index (χ0v) is 31.3. The van der Waals surface area contributed by atoms with Crippen LogP contribution in [-0.4, -0.2) is 34.9 Å². The van der Waals surface area contributed by atoms with E-state index < -0.39 is 12.1 Å².